The van der Waals surface area contributed by atoms with Gasteiger partial charge in [-0.2, -0.15) is 10.2 Å². The highest BCUT2D eigenvalue weighted by Gasteiger charge is 2.25. The van der Waals surface area contributed by atoms with Gasteiger partial charge in [-0.1, -0.05) is 18.2 Å². The average Bonchev–Trinajstić information content (AvgIpc) is 3.56. The molecule has 0 aliphatic carbocycles. The number of benzene rings is 2. The van der Waals surface area contributed by atoms with Crippen LogP contribution in [0.3, 0.4) is 0 Å². The number of hydrogen-bond acceptors (Lipinski definition) is 5. The van der Waals surface area contributed by atoms with Gasteiger partial charge in [0, 0.05) is 18.1 Å². The number of ether oxygens (including phenoxy) is 1. The summed E-state index contributed by atoms with van der Waals surface area (Å²) >= 11 is 0. The van der Waals surface area contributed by atoms with Crippen molar-refractivity contribution in [3.63, 3.8) is 0 Å². The van der Waals surface area contributed by atoms with Gasteiger partial charge in [0.2, 0.25) is 5.91 Å². The Morgan fingerprint density at radius 3 is 2.36 bits per heavy atom. The molecule has 9 nitrogen and oxygen atoms in total. The molecule has 0 saturated carbocycles. The molecule has 2 aromatic carbocycles. The molecule has 5 aromatic rings. The first-order valence-corrected chi connectivity index (χ1v) is 11.7. The van der Waals surface area contributed by atoms with Crippen LogP contribution in [0.2, 0.25) is 0 Å². The van der Waals surface area contributed by atoms with Crippen LogP contribution in [0.4, 0.5) is 5.69 Å². The van der Waals surface area contributed by atoms with E-state index in [1.165, 1.54) is 4.68 Å². The molecular weight excluding hydrogens is 456 g/mol. The highest BCUT2D eigenvalue weighted by molar-refractivity contribution is 5.94. The lowest BCUT2D eigenvalue weighted by Crippen LogP contribution is -2.34. The molecule has 0 bridgehead atoms. The van der Waals surface area contributed by atoms with Crippen LogP contribution in [-0.4, -0.2) is 36.6 Å². The zero-order valence-electron chi connectivity index (χ0n) is 20.3. The Morgan fingerprint density at radius 1 is 1.00 bits per heavy atom. The fourth-order valence-corrected chi connectivity index (χ4v) is 4.11. The van der Waals surface area contributed by atoms with Crippen molar-refractivity contribution < 1.29 is 9.53 Å². The third-order valence-corrected chi connectivity index (χ3v) is 5.91. The lowest BCUT2D eigenvalue weighted by atomic mass is 10.2. The molecule has 3 aromatic heterocycles. The molecule has 3 heterocycles. The Bertz CT molecular complexity index is 1570. The van der Waals surface area contributed by atoms with Crippen molar-refractivity contribution in [1.82, 2.24) is 24.1 Å². The third kappa shape index (κ3) is 4.15. The van der Waals surface area contributed by atoms with Crippen molar-refractivity contribution in [2.24, 2.45) is 0 Å². The molecule has 0 aliphatic rings. The average molecular weight is 483 g/mol. The molecule has 36 heavy (non-hydrogen) atoms. The standard InChI is InChI=1S/C27H26N6O3/c1-4-36-22-14-12-20(13-15-22)28-25(34)19(3)32-27(35)23-24(18(2)29-32)30-33(21-10-6-5-7-11-21)26(23)31-16-8-9-17-31/h5-17,19H,4H2,1-3H3,(H,28,34)/t19-/m1/s1. The summed E-state index contributed by atoms with van der Waals surface area (Å²) < 4.78 is 10.3. The van der Waals surface area contributed by atoms with E-state index in [9.17, 15) is 9.59 Å². The van der Waals surface area contributed by atoms with Crippen LogP contribution in [-0.2, 0) is 4.79 Å². The van der Waals surface area contributed by atoms with Crippen LogP contribution in [0.15, 0.2) is 83.9 Å². The van der Waals surface area contributed by atoms with Crippen molar-refractivity contribution in [3.05, 3.63) is 95.2 Å². The Kier molecular flexibility index (Phi) is 6.12. The summed E-state index contributed by atoms with van der Waals surface area (Å²) in [6, 6.07) is 19.6. The number of anilines is 1. The summed E-state index contributed by atoms with van der Waals surface area (Å²) in [4.78, 5) is 26.9. The van der Waals surface area contributed by atoms with E-state index >= 15 is 0 Å². The van der Waals surface area contributed by atoms with E-state index in [0.29, 0.717) is 34.7 Å². The van der Waals surface area contributed by atoms with E-state index in [1.807, 2.05) is 66.3 Å². The van der Waals surface area contributed by atoms with Gasteiger partial charge in [0.1, 0.15) is 22.7 Å². The van der Waals surface area contributed by atoms with Crippen LogP contribution in [0.5, 0.6) is 5.75 Å². The molecule has 1 N–H and O–H groups in total. The Morgan fingerprint density at radius 2 is 1.69 bits per heavy atom. The second-order valence-electron chi connectivity index (χ2n) is 8.34. The van der Waals surface area contributed by atoms with Crippen LogP contribution >= 0.6 is 0 Å². The molecule has 0 aliphatic heterocycles. The summed E-state index contributed by atoms with van der Waals surface area (Å²) in [6.07, 6.45) is 3.72. The summed E-state index contributed by atoms with van der Waals surface area (Å²) in [6.45, 7) is 5.91. The van der Waals surface area contributed by atoms with Gasteiger partial charge in [-0.3, -0.25) is 9.59 Å². The first-order valence-electron chi connectivity index (χ1n) is 11.7. The zero-order chi connectivity index (χ0) is 25.2. The van der Waals surface area contributed by atoms with Gasteiger partial charge in [-0.15, -0.1) is 0 Å². The molecule has 0 fully saturated rings. The predicted octanol–water partition coefficient (Wildman–Crippen LogP) is 4.28. The Balaban J connectivity index is 1.58. The second kappa shape index (κ2) is 9.53. The molecule has 9 heteroatoms. The monoisotopic (exact) mass is 482 g/mol. The number of carbonyl (C=O) groups excluding carboxylic acids is 1. The number of nitrogens with zero attached hydrogens (tertiary/aromatic N) is 5. The number of nitrogens with one attached hydrogen (secondary N) is 1. The van der Waals surface area contributed by atoms with E-state index in [1.54, 1.807) is 42.8 Å². The number of fused-ring (bicyclic) bond motifs is 1. The van der Waals surface area contributed by atoms with Crippen LogP contribution in [0, 0.1) is 6.92 Å². The minimum Gasteiger partial charge on any atom is -0.494 e. The van der Waals surface area contributed by atoms with Crippen molar-refractivity contribution in [3.8, 4) is 17.3 Å². The summed E-state index contributed by atoms with van der Waals surface area (Å²) in [5, 5.41) is 12.5. The molecule has 1 amide bonds. The quantitative estimate of drug-likeness (QED) is 0.374. The zero-order valence-corrected chi connectivity index (χ0v) is 20.3. The normalized spacial score (nSPS) is 12.0. The lowest BCUT2D eigenvalue weighted by molar-refractivity contribution is -0.119. The van der Waals surface area contributed by atoms with Crippen molar-refractivity contribution in [1.29, 1.82) is 0 Å². The smallest absolute Gasteiger partial charge is 0.280 e. The van der Waals surface area contributed by atoms with E-state index < -0.39 is 11.6 Å². The number of para-hydroxylation sites is 1. The largest absolute Gasteiger partial charge is 0.494 e. The number of amides is 1. The molecule has 1 atom stereocenters. The number of rotatable bonds is 7. The minimum absolute atomic E-state index is 0.356. The fourth-order valence-electron chi connectivity index (χ4n) is 4.11. The molecule has 0 unspecified atom stereocenters. The van der Waals surface area contributed by atoms with Gasteiger partial charge in [-0.25, -0.2) is 9.36 Å². The van der Waals surface area contributed by atoms with Gasteiger partial charge >= 0.3 is 0 Å². The first-order chi connectivity index (χ1) is 17.5. The maximum atomic E-state index is 13.8. The topological polar surface area (TPSA) is 96.0 Å². The number of aromatic nitrogens is 5. The highest BCUT2D eigenvalue weighted by Crippen LogP contribution is 2.25. The van der Waals surface area contributed by atoms with Crippen molar-refractivity contribution in [2.75, 3.05) is 11.9 Å². The van der Waals surface area contributed by atoms with Crippen LogP contribution < -0.4 is 15.6 Å². The predicted molar refractivity (Wildman–Crippen MR) is 138 cm³/mol. The fraction of sp³-hybridized carbons (Fsp3) is 0.185. The lowest BCUT2D eigenvalue weighted by Gasteiger charge is -2.15. The highest BCUT2D eigenvalue weighted by atomic mass is 16.5. The second-order valence-corrected chi connectivity index (χ2v) is 8.34. The van der Waals surface area contributed by atoms with Gasteiger partial charge in [0.15, 0.2) is 5.82 Å². The van der Waals surface area contributed by atoms with Gasteiger partial charge in [-0.05, 0) is 69.3 Å². The van der Waals surface area contributed by atoms with Crippen molar-refractivity contribution >= 4 is 22.5 Å². The molecule has 182 valence electrons. The SMILES string of the molecule is CCOc1ccc(NC(=O)[C@@H](C)n2nc(C)c3nn(-c4ccccc4)c(-n4cccc4)c3c2=O)cc1. The molecular formula is C27H26N6O3. The van der Waals surface area contributed by atoms with E-state index in [4.69, 9.17) is 9.84 Å². The Labute approximate surface area is 207 Å². The number of aryl methyl sites for hydroxylation is 1. The molecule has 0 radical (unpaired) electrons. The van der Waals surface area contributed by atoms with Gasteiger partial charge in [0.05, 0.1) is 18.0 Å². The van der Waals surface area contributed by atoms with Crippen LogP contribution in [0.1, 0.15) is 25.6 Å². The maximum absolute atomic E-state index is 13.8. The van der Waals surface area contributed by atoms with E-state index in [0.717, 1.165) is 11.4 Å². The number of hydrogen-bond donors (Lipinski definition) is 1. The molecule has 5 rings (SSSR count). The van der Waals surface area contributed by atoms with Gasteiger partial charge < -0.3 is 14.6 Å². The van der Waals surface area contributed by atoms with E-state index in [2.05, 4.69) is 10.4 Å². The third-order valence-electron chi connectivity index (χ3n) is 5.91. The molecule has 0 spiro atoms. The minimum atomic E-state index is -0.857. The summed E-state index contributed by atoms with van der Waals surface area (Å²) in [7, 11) is 0. The molecule has 0 saturated heterocycles. The van der Waals surface area contributed by atoms with E-state index in [-0.39, 0.29) is 5.91 Å². The maximum Gasteiger partial charge on any atom is 0.280 e. The first kappa shape index (κ1) is 23.1. The van der Waals surface area contributed by atoms with Crippen LogP contribution in [0.25, 0.3) is 22.4 Å². The summed E-state index contributed by atoms with van der Waals surface area (Å²) in [5.74, 6) is 0.950. The number of carbonyl (C=O) groups is 1. The summed E-state index contributed by atoms with van der Waals surface area (Å²) in [5.41, 5.74) is 2.06. The van der Waals surface area contributed by atoms with Crippen molar-refractivity contribution in [2.45, 2.75) is 26.8 Å². The Hall–Kier alpha value is -4.66. The van der Waals surface area contributed by atoms with Gasteiger partial charge in [0.25, 0.3) is 5.56 Å².